The van der Waals surface area contributed by atoms with Crippen LogP contribution in [0, 0.1) is 6.92 Å². The third kappa shape index (κ3) is 3.92. The van der Waals surface area contributed by atoms with E-state index in [1.54, 1.807) is 18.3 Å². The summed E-state index contributed by atoms with van der Waals surface area (Å²) in [5, 5.41) is 5.83. The first-order valence-corrected chi connectivity index (χ1v) is 6.51. The third-order valence-electron chi connectivity index (χ3n) is 2.25. The average molecular weight is 279 g/mol. The number of furan rings is 1. The van der Waals surface area contributed by atoms with Gasteiger partial charge in [-0.05, 0) is 19.1 Å². The maximum Gasteiger partial charge on any atom is 0.286 e. The molecule has 0 spiro atoms. The minimum Gasteiger partial charge on any atom is -0.459 e. The standard InChI is InChI=1S/C12H13N3O3S/c1-8-7-14-12(19-8)15-10(16)4-5-13-11(17)9-3-2-6-18-9/h2-3,6-7H,4-5H2,1H3,(H,13,17)(H,14,15,16). The molecule has 0 saturated heterocycles. The van der Waals surface area contributed by atoms with Crippen molar-refractivity contribution in [1.82, 2.24) is 10.3 Å². The van der Waals surface area contributed by atoms with Crippen LogP contribution in [0.5, 0.6) is 0 Å². The van der Waals surface area contributed by atoms with Crippen LogP contribution in [0.4, 0.5) is 5.13 Å². The molecule has 2 aromatic heterocycles. The predicted molar refractivity (Wildman–Crippen MR) is 71.1 cm³/mol. The van der Waals surface area contributed by atoms with E-state index in [0.29, 0.717) is 5.13 Å². The monoisotopic (exact) mass is 279 g/mol. The highest BCUT2D eigenvalue weighted by atomic mass is 32.1. The van der Waals surface area contributed by atoms with Crippen LogP contribution in [-0.2, 0) is 4.79 Å². The molecule has 0 bridgehead atoms. The van der Waals surface area contributed by atoms with Crippen molar-refractivity contribution in [1.29, 1.82) is 0 Å². The molecule has 6 nitrogen and oxygen atoms in total. The van der Waals surface area contributed by atoms with Gasteiger partial charge >= 0.3 is 0 Å². The van der Waals surface area contributed by atoms with E-state index in [9.17, 15) is 9.59 Å². The summed E-state index contributed by atoms with van der Waals surface area (Å²) >= 11 is 1.41. The van der Waals surface area contributed by atoms with Gasteiger partial charge in [-0.1, -0.05) is 0 Å². The van der Waals surface area contributed by atoms with Crippen LogP contribution in [0.3, 0.4) is 0 Å². The Morgan fingerprint density at radius 2 is 2.32 bits per heavy atom. The van der Waals surface area contributed by atoms with Crippen molar-refractivity contribution in [2.24, 2.45) is 0 Å². The molecule has 2 heterocycles. The molecule has 19 heavy (non-hydrogen) atoms. The number of carbonyl (C=O) groups is 2. The molecular formula is C12H13N3O3S. The van der Waals surface area contributed by atoms with Gasteiger partial charge in [0.15, 0.2) is 10.9 Å². The smallest absolute Gasteiger partial charge is 0.286 e. The minimum atomic E-state index is -0.331. The number of nitrogens with one attached hydrogen (secondary N) is 2. The highest BCUT2D eigenvalue weighted by molar-refractivity contribution is 7.15. The molecule has 7 heteroatoms. The number of thiazole rings is 1. The van der Waals surface area contributed by atoms with Crippen molar-refractivity contribution >= 4 is 28.3 Å². The fourth-order valence-corrected chi connectivity index (χ4v) is 2.06. The lowest BCUT2D eigenvalue weighted by atomic mass is 10.3. The number of hydrogen-bond donors (Lipinski definition) is 2. The fourth-order valence-electron chi connectivity index (χ4n) is 1.38. The van der Waals surface area contributed by atoms with Crippen LogP contribution in [0.2, 0.25) is 0 Å². The second kappa shape index (κ2) is 6.14. The molecule has 0 radical (unpaired) electrons. The number of anilines is 1. The van der Waals surface area contributed by atoms with E-state index in [1.807, 2.05) is 6.92 Å². The number of nitrogens with zero attached hydrogens (tertiary/aromatic N) is 1. The first kappa shape index (κ1) is 13.3. The van der Waals surface area contributed by atoms with E-state index in [4.69, 9.17) is 4.42 Å². The molecule has 0 atom stereocenters. The van der Waals surface area contributed by atoms with Crippen molar-refractivity contribution in [3.8, 4) is 0 Å². The Labute approximate surface area is 113 Å². The van der Waals surface area contributed by atoms with Gasteiger partial charge in [0.1, 0.15) is 0 Å². The summed E-state index contributed by atoms with van der Waals surface area (Å²) in [5.41, 5.74) is 0. The second-order valence-electron chi connectivity index (χ2n) is 3.81. The van der Waals surface area contributed by atoms with Gasteiger partial charge in [0, 0.05) is 24.0 Å². The van der Waals surface area contributed by atoms with E-state index in [1.165, 1.54) is 17.6 Å². The summed E-state index contributed by atoms with van der Waals surface area (Å²) in [6, 6.07) is 3.19. The van der Waals surface area contributed by atoms with Crippen molar-refractivity contribution in [2.75, 3.05) is 11.9 Å². The van der Waals surface area contributed by atoms with E-state index < -0.39 is 0 Å². The summed E-state index contributed by atoms with van der Waals surface area (Å²) in [6.07, 6.45) is 3.30. The van der Waals surface area contributed by atoms with Crippen molar-refractivity contribution < 1.29 is 14.0 Å². The Bertz CT molecular complexity index is 563. The maximum absolute atomic E-state index is 11.6. The SMILES string of the molecule is Cc1cnc(NC(=O)CCNC(=O)c2ccco2)s1. The van der Waals surface area contributed by atoms with Crippen LogP contribution >= 0.6 is 11.3 Å². The lowest BCUT2D eigenvalue weighted by Crippen LogP contribution is -2.27. The topological polar surface area (TPSA) is 84.2 Å². The zero-order valence-electron chi connectivity index (χ0n) is 10.3. The number of aromatic nitrogens is 1. The highest BCUT2D eigenvalue weighted by Gasteiger charge is 2.09. The largest absolute Gasteiger partial charge is 0.459 e. The van der Waals surface area contributed by atoms with E-state index in [2.05, 4.69) is 15.6 Å². The van der Waals surface area contributed by atoms with E-state index in [0.717, 1.165) is 4.88 Å². The zero-order chi connectivity index (χ0) is 13.7. The minimum absolute atomic E-state index is 0.186. The number of carbonyl (C=O) groups excluding carboxylic acids is 2. The number of aryl methyl sites for hydroxylation is 1. The Morgan fingerprint density at radius 1 is 1.47 bits per heavy atom. The summed E-state index contributed by atoms with van der Waals surface area (Å²) < 4.78 is 4.93. The Kier molecular flexibility index (Phi) is 4.30. The first-order chi connectivity index (χ1) is 9.15. The Hall–Kier alpha value is -2.15. The van der Waals surface area contributed by atoms with Crippen LogP contribution in [0.15, 0.2) is 29.0 Å². The van der Waals surface area contributed by atoms with Gasteiger partial charge in [0.05, 0.1) is 6.26 Å². The Balaban J connectivity index is 1.71. The van der Waals surface area contributed by atoms with Crippen molar-refractivity contribution in [3.63, 3.8) is 0 Å². The van der Waals surface area contributed by atoms with Gasteiger partial charge in [-0.15, -0.1) is 11.3 Å². The van der Waals surface area contributed by atoms with Gasteiger partial charge in [-0.25, -0.2) is 4.98 Å². The average Bonchev–Trinajstić information content (AvgIpc) is 3.00. The Morgan fingerprint density at radius 3 is 2.95 bits per heavy atom. The summed E-state index contributed by atoms with van der Waals surface area (Å²) in [4.78, 5) is 28.1. The quantitative estimate of drug-likeness (QED) is 0.874. The molecule has 2 rings (SSSR count). The van der Waals surface area contributed by atoms with Crippen LogP contribution < -0.4 is 10.6 Å². The van der Waals surface area contributed by atoms with Gasteiger partial charge in [0.2, 0.25) is 5.91 Å². The van der Waals surface area contributed by atoms with Gasteiger partial charge in [-0.3, -0.25) is 9.59 Å². The summed E-state index contributed by atoms with van der Waals surface area (Å²) in [5.74, 6) is -0.284. The van der Waals surface area contributed by atoms with E-state index >= 15 is 0 Å². The molecule has 100 valence electrons. The number of amides is 2. The second-order valence-corrected chi connectivity index (χ2v) is 5.04. The molecule has 0 saturated carbocycles. The van der Waals surface area contributed by atoms with Crippen LogP contribution in [-0.4, -0.2) is 23.3 Å². The number of hydrogen-bond acceptors (Lipinski definition) is 5. The summed E-state index contributed by atoms with van der Waals surface area (Å²) in [6.45, 7) is 2.16. The maximum atomic E-state index is 11.6. The third-order valence-corrected chi connectivity index (χ3v) is 3.08. The molecule has 2 aromatic rings. The molecule has 0 aliphatic heterocycles. The molecule has 0 aliphatic rings. The highest BCUT2D eigenvalue weighted by Crippen LogP contribution is 2.16. The molecule has 0 aliphatic carbocycles. The zero-order valence-corrected chi connectivity index (χ0v) is 11.1. The summed E-state index contributed by atoms with van der Waals surface area (Å²) in [7, 11) is 0. The van der Waals surface area contributed by atoms with E-state index in [-0.39, 0.29) is 30.5 Å². The van der Waals surface area contributed by atoms with Gasteiger partial charge < -0.3 is 15.1 Å². The number of rotatable bonds is 5. The van der Waals surface area contributed by atoms with Gasteiger partial charge in [-0.2, -0.15) is 0 Å². The molecule has 0 unspecified atom stereocenters. The fraction of sp³-hybridized carbons (Fsp3) is 0.250. The predicted octanol–water partition coefficient (Wildman–Crippen LogP) is 1.80. The lowest BCUT2D eigenvalue weighted by molar-refractivity contribution is -0.116. The van der Waals surface area contributed by atoms with Crippen molar-refractivity contribution in [2.45, 2.75) is 13.3 Å². The molecule has 0 aromatic carbocycles. The van der Waals surface area contributed by atoms with Gasteiger partial charge in [0.25, 0.3) is 5.91 Å². The molecule has 0 fully saturated rings. The normalized spacial score (nSPS) is 10.2. The lowest BCUT2D eigenvalue weighted by Gasteiger charge is -2.03. The van der Waals surface area contributed by atoms with Crippen LogP contribution in [0.1, 0.15) is 21.9 Å². The molecule has 2 N–H and O–H groups in total. The van der Waals surface area contributed by atoms with Crippen molar-refractivity contribution in [3.05, 3.63) is 35.2 Å². The van der Waals surface area contributed by atoms with Crippen LogP contribution in [0.25, 0.3) is 0 Å². The first-order valence-electron chi connectivity index (χ1n) is 5.69. The molecule has 2 amide bonds. The molecular weight excluding hydrogens is 266 g/mol.